The highest BCUT2D eigenvalue weighted by Gasteiger charge is 2.21. The maximum Gasteiger partial charge on any atom is 0.291 e. The minimum atomic E-state index is -0.352. The van der Waals surface area contributed by atoms with Crippen LogP contribution in [0.1, 0.15) is 38.8 Å². The van der Waals surface area contributed by atoms with Gasteiger partial charge in [-0.05, 0) is 48.9 Å². The van der Waals surface area contributed by atoms with E-state index in [-0.39, 0.29) is 23.6 Å². The molecule has 152 valence electrons. The summed E-state index contributed by atoms with van der Waals surface area (Å²) < 4.78 is 6.76. The Labute approximate surface area is 176 Å². The predicted octanol–water partition coefficient (Wildman–Crippen LogP) is 4.01. The Hall–Kier alpha value is -3.72. The molecule has 30 heavy (non-hydrogen) atoms. The molecule has 0 bridgehead atoms. The number of furan rings is 1. The molecule has 0 unspecified atom stereocenters. The highest BCUT2D eigenvalue weighted by Crippen LogP contribution is 2.27. The molecule has 0 aliphatic heterocycles. The normalized spacial score (nSPS) is 11.8. The molecule has 3 heterocycles. The van der Waals surface area contributed by atoms with E-state index in [2.05, 4.69) is 15.4 Å². The summed E-state index contributed by atoms with van der Waals surface area (Å²) in [6.07, 6.45) is 4.55. The summed E-state index contributed by atoms with van der Waals surface area (Å²) in [6, 6.07) is 14.3. The summed E-state index contributed by atoms with van der Waals surface area (Å²) in [5.74, 6) is -0.252. The average molecular weight is 421 g/mol. The Kier molecular flexibility index (Phi) is 5.44. The van der Waals surface area contributed by atoms with E-state index in [1.165, 1.54) is 23.9 Å². The van der Waals surface area contributed by atoms with E-state index < -0.39 is 0 Å². The second kappa shape index (κ2) is 8.34. The third-order valence-corrected chi connectivity index (χ3v) is 5.75. The summed E-state index contributed by atoms with van der Waals surface area (Å²) in [7, 11) is 1.76. The monoisotopic (exact) mass is 421 g/mol. The van der Waals surface area contributed by atoms with Crippen LogP contribution in [0, 0.1) is 0 Å². The Morgan fingerprint density at radius 3 is 2.63 bits per heavy atom. The van der Waals surface area contributed by atoms with Crippen molar-refractivity contribution in [3.8, 4) is 5.69 Å². The molecule has 2 amide bonds. The van der Waals surface area contributed by atoms with Crippen LogP contribution in [-0.4, -0.2) is 38.5 Å². The first-order chi connectivity index (χ1) is 14.5. The van der Waals surface area contributed by atoms with E-state index >= 15 is 0 Å². The number of amides is 2. The quantitative estimate of drug-likeness (QED) is 0.508. The molecule has 8 nitrogen and oxygen atoms in total. The van der Waals surface area contributed by atoms with Crippen LogP contribution in [0.2, 0.25) is 0 Å². The number of benzene rings is 1. The Balaban J connectivity index is 1.43. The molecule has 9 heteroatoms. The van der Waals surface area contributed by atoms with Gasteiger partial charge in [-0.3, -0.25) is 9.59 Å². The fourth-order valence-corrected chi connectivity index (χ4v) is 3.81. The molecule has 3 aromatic heterocycles. The summed E-state index contributed by atoms with van der Waals surface area (Å²) in [6.45, 7) is 1.97. The maximum atomic E-state index is 12.9. The fraction of sp³-hybridized carbons (Fsp3) is 0.143. The van der Waals surface area contributed by atoms with E-state index in [0.29, 0.717) is 9.88 Å². The zero-order valence-electron chi connectivity index (χ0n) is 16.4. The van der Waals surface area contributed by atoms with Gasteiger partial charge in [0.2, 0.25) is 0 Å². The van der Waals surface area contributed by atoms with Gasteiger partial charge in [-0.25, -0.2) is 9.67 Å². The summed E-state index contributed by atoms with van der Waals surface area (Å²) >= 11 is 1.22. The molecule has 1 aromatic carbocycles. The van der Waals surface area contributed by atoms with Crippen LogP contribution in [0.4, 0.5) is 5.00 Å². The molecule has 0 aliphatic carbocycles. The number of nitrogens with one attached hydrogen (secondary N) is 1. The van der Waals surface area contributed by atoms with Crippen molar-refractivity contribution in [1.29, 1.82) is 0 Å². The van der Waals surface area contributed by atoms with Crippen molar-refractivity contribution in [2.45, 2.75) is 13.0 Å². The van der Waals surface area contributed by atoms with Crippen molar-refractivity contribution in [1.82, 2.24) is 19.7 Å². The van der Waals surface area contributed by atoms with E-state index in [4.69, 9.17) is 4.42 Å². The third kappa shape index (κ3) is 4.01. The van der Waals surface area contributed by atoms with Gasteiger partial charge in [-0.2, -0.15) is 5.10 Å². The Bertz CT molecular complexity index is 1130. The molecule has 0 spiro atoms. The number of carbonyl (C=O) groups is 2. The van der Waals surface area contributed by atoms with Crippen LogP contribution >= 0.6 is 11.3 Å². The predicted molar refractivity (Wildman–Crippen MR) is 113 cm³/mol. The van der Waals surface area contributed by atoms with E-state index in [1.54, 1.807) is 47.2 Å². The number of rotatable bonds is 6. The van der Waals surface area contributed by atoms with Crippen molar-refractivity contribution in [2.24, 2.45) is 0 Å². The van der Waals surface area contributed by atoms with Crippen molar-refractivity contribution in [3.05, 3.63) is 83.6 Å². The first-order valence-electron chi connectivity index (χ1n) is 9.20. The Morgan fingerprint density at radius 1 is 1.17 bits per heavy atom. The molecular formula is C21H19N5O3S. The zero-order chi connectivity index (χ0) is 21.1. The van der Waals surface area contributed by atoms with Crippen molar-refractivity contribution in [2.75, 3.05) is 12.4 Å². The zero-order valence-corrected chi connectivity index (χ0v) is 17.2. The molecule has 0 fully saturated rings. The van der Waals surface area contributed by atoms with Gasteiger partial charge in [0.1, 0.15) is 12.7 Å². The van der Waals surface area contributed by atoms with E-state index in [0.717, 1.165) is 11.3 Å². The minimum Gasteiger partial charge on any atom is -0.459 e. The number of thiophene rings is 1. The number of anilines is 1. The van der Waals surface area contributed by atoms with Crippen molar-refractivity contribution in [3.63, 3.8) is 0 Å². The van der Waals surface area contributed by atoms with E-state index in [9.17, 15) is 9.59 Å². The van der Waals surface area contributed by atoms with Crippen LogP contribution in [0.25, 0.3) is 5.69 Å². The largest absolute Gasteiger partial charge is 0.459 e. The lowest BCUT2D eigenvalue weighted by atomic mass is 10.1. The average Bonchev–Trinajstić information content (AvgIpc) is 3.54. The molecular weight excluding hydrogens is 402 g/mol. The number of nitrogens with zero attached hydrogens (tertiary/aromatic N) is 4. The van der Waals surface area contributed by atoms with Crippen LogP contribution in [0.5, 0.6) is 0 Å². The van der Waals surface area contributed by atoms with Gasteiger partial charge in [0.15, 0.2) is 5.76 Å². The smallest absolute Gasteiger partial charge is 0.291 e. The summed E-state index contributed by atoms with van der Waals surface area (Å²) in [5, 5.41) is 7.43. The second-order valence-corrected chi connectivity index (χ2v) is 7.70. The number of aromatic nitrogens is 3. The van der Waals surface area contributed by atoms with Crippen molar-refractivity contribution < 1.29 is 14.0 Å². The molecule has 0 saturated carbocycles. The lowest BCUT2D eigenvalue weighted by Gasteiger charge is -2.25. The first-order valence-corrected chi connectivity index (χ1v) is 10.0. The number of hydrogen-bond acceptors (Lipinski definition) is 6. The summed E-state index contributed by atoms with van der Waals surface area (Å²) in [5.41, 5.74) is 1.89. The third-order valence-electron chi connectivity index (χ3n) is 4.76. The minimum absolute atomic E-state index is 0.119. The molecule has 1 atom stereocenters. The van der Waals surface area contributed by atoms with Gasteiger partial charge in [-0.15, -0.1) is 11.3 Å². The van der Waals surface area contributed by atoms with Gasteiger partial charge < -0.3 is 14.6 Å². The van der Waals surface area contributed by atoms with Gasteiger partial charge in [0.25, 0.3) is 11.8 Å². The standard InChI is InChI=1S/C21H19N5O3S/c1-14(15-5-7-16(8-6-15)26-13-22-12-23-26)25(2)21(28)18-9-10-19(30-18)24-20(27)17-4-3-11-29-17/h3-14H,1-2H3,(H,24,27)/t14-/m0/s1. The summed E-state index contributed by atoms with van der Waals surface area (Å²) in [4.78, 5) is 31.2. The maximum absolute atomic E-state index is 12.9. The van der Waals surface area contributed by atoms with Gasteiger partial charge >= 0.3 is 0 Å². The fourth-order valence-electron chi connectivity index (χ4n) is 2.92. The molecule has 4 aromatic rings. The molecule has 1 N–H and O–H groups in total. The van der Waals surface area contributed by atoms with Gasteiger partial charge in [-0.1, -0.05) is 12.1 Å². The lowest BCUT2D eigenvalue weighted by Crippen LogP contribution is -2.29. The highest BCUT2D eigenvalue weighted by atomic mass is 32.1. The number of carbonyl (C=O) groups excluding carboxylic acids is 2. The first kappa shape index (κ1) is 19.6. The van der Waals surface area contributed by atoms with Crippen LogP contribution in [0.3, 0.4) is 0 Å². The lowest BCUT2D eigenvalue weighted by molar-refractivity contribution is 0.0747. The molecule has 0 radical (unpaired) electrons. The van der Waals surface area contributed by atoms with Crippen LogP contribution < -0.4 is 5.32 Å². The van der Waals surface area contributed by atoms with Crippen LogP contribution in [0.15, 0.2) is 71.9 Å². The van der Waals surface area contributed by atoms with E-state index in [1.807, 2.05) is 31.2 Å². The highest BCUT2D eigenvalue weighted by molar-refractivity contribution is 7.18. The molecule has 4 rings (SSSR count). The number of hydrogen-bond donors (Lipinski definition) is 1. The molecule has 0 aliphatic rings. The topological polar surface area (TPSA) is 93.3 Å². The molecule has 0 saturated heterocycles. The second-order valence-electron chi connectivity index (χ2n) is 6.62. The SMILES string of the molecule is C[C@@H](c1ccc(-n2cncn2)cc1)N(C)C(=O)c1ccc(NC(=O)c2ccco2)s1. The van der Waals surface area contributed by atoms with Crippen molar-refractivity contribution >= 4 is 28.2 Å². The van der Waals surface area contributed by atoms with Crippen LogP contribution in [-0.2, 0) is 0 Å². The Morgan fingerprint density at radius 2 is 1.97 bits per heavy atom. The van der Waals surface area contributed by atoms with Gasteiger partial charge in [0, 0.05) is 7.05 Å². The van der Waals surface area contributed by atoms with Gasteiger partial charge in [0.05, 0.1) is 27.9 Å².